The monoisotopic (exact) mass is 416 g/mol. The Hall–Kier alpha value is -1.64. The second kappa shape index (κ2) is 9.03. The van der Waals surface area contributed by atoms with Crippen molar-refractivity contribution in [2.24, 2.45) is 15.5 Å². The van der Waals surface area contributed by atoms with E-state index in [-0.39, 0.29) is 28.6 Å². The fraction of sp³-hybridized carbons (Fsp3) is 0.556. The fourth-order valence-electron chi connectivity index (χ4n) is 2.92. The summed E-state index contributed by atoms with van der Waals surface area (Å²) in [5.41, 5.74) is 6.22. The Balaban J connectivity index is 0.00000364. The molecule has 27 heavy (non-hydrogen) atoms. The second-order valence-electron chi connectivity index (χ2n) is 7.53. The highest BCUT2D eigenvalue weighted by molar-refractivity contribution is 7.90. The molecule has 0 fully saturated rings. The van der Waals surface area contributed by atoms with Gasteiger partial charge in [0, 0.05) is 39.2 Å². The average molecular weight is 417 g/mol. The van der Waals surface area contributed by atoms with E-state index in [1.54, 1.807) is 48.2 Å². The molecule has 0 radical (unpaired) electrons. The molecule has 0 saturated carbocycles. The van der Waals surface area contributed by atoms with E-state index in [1.807, 2.05) is 13.8 Å². The van der Waals surface area contributed by atoms with Crippen LogP contribution in [0.3, 0.4) is 0 Å². The van der Waals surface area contributed by atoms with Crippen molar-refractivity contribution in [2.75, 3.05) is 33.7 Å². The largest absolute Gasteiger partial charge is 0.358 e. The minimum absolute atomic E-state index is 0. The van der Waals surface area contributed by atoms with E-state index in [0.29, 0.717) is 43.9 Å². The first kappa shape index (κ1) is 23.4. The Morgan fingerprint density at radius 2 is 1.85 bits per heavy atom. The molecule has 1 aromatic carbocycles. The lowest BCUT2D eigenvalue weighted by Gasteiger charge is -2.29. The van der Waals surface area contributed by atoms with Crippen LogP contribution in [0, 0.1) is 5.41 Å². The molecule has 0 aromatic heterocycles. The normalized spacial score (nSPS) is 14.8. The van der Waals surface area contributed by atoms with Crippen molar-refractivity contribution in [2.45, 2.75) is 31.6 Å². The van der Waals surface area contributed by atoms with Gasteiger partial charge in [0.2, 0.25) is 5.91 Å². The number of benzene rings is 1. The van der Waals surface area contributed by atoms with Crippen molar-refractivity contribution in [1.82, 2.24) is 9.80 Å². The van der Waals surface area contributed by atoms with E-state index in [2.05, 4.69) is 4.40 Å². The van der Waals surface area contributed by atoms with Crippen LogP contribution < -0.4 is 5.73 Å². The van der Waals surface area contributed by atoms with Crippen LogP contribution in [0.5, 0.6) is 0 Å². The van der Waals surface area contributed by atoms with Gasteiger partial charge >= 0.3 is 0 Å². The van der Waals surface area contributed by atoms with Gasteiger partial charge < -0.3 is 15.5 Å². The summed E-state index contributed by atoms with van der Waals surface area (Å²) >= 11 is 0. The summed E-state index contributed by atoms with van der Waals surface area (Å²) < 4.78 is 28.1. The molecule has 0 spiro atoms. The molecule has 1 amide bonds. The molecular weight excluding hydrogens is 388 g/mol. The number of amidine groups is 1. The molecule has 7 nitrogen and oxygen atoms in total. The molecular formula is C18H29ClN4O3S. The number of carbonyl (C=O) groups is 1. The quantitative estimate of drug-likeness (QED) is 0.729. The minimum atomic E-state index is -3.62. The van der Waals surface area contributed by atoms with Crippen LogP contribution in [0.25, 0.3) is 0 Å². The Bertz CT molecular complexity index is 809. The van der Waals surface area contributed by atoms with Gasteiger partial charge in [0.25, 0.3) is 10.0 Å². The number of rotatable bonds is 7. The lowest BCUT2D eigenvalue weighted by atomic mass is 9.93. The van der Waals surface area contributed by atoms with Gasteiger partial charge in [-0.15, -0.1) is 16.8 Å². The third-order valence-electron chi connectivity index (χ3n) is 4.50. The second-order valence-corrected chi connectivity index (χ2v) is 9.10. The maximum atomic E-state index is 12.3. The van der Waals surface area contributed by atoms with Crippen molar-refractivity contribution in [1.29, 1.82) is 0 Å². The summed E-state index contributed by atoms with van der Waals surface area (Å²) in [6.07, 6.45) is 1.01. The van der Waals surface area contributed by atoms with Gasteiger partial charge in [0.15, 0.2) is 0 Å². The van der Waals surface area contributed by atoms with E-state index in [9.17, 15) is 13.2 Å². The molecule has 1 aromatic rings. The van der Waals surface area contributed by atoms with Gasteiger partial charge in [0.05, 0.1) is 0 Å². The van der Waals surface area contributed by atoms with Crippen LogP contribution in [0.4, 0.5) is 0 Å². The van der Waals surface area contributed by atoms with Crippen molar-refractivity contribution >= 4 is 34.2 Å². The fourth-order valence-corrected chi connectivity index (χ4v) is 4.17. The van der Waals surface area contributed by atoms with Crippen LogP contribution in [0.15, 0.2) is 33.6 Å². The zero-order chi connectivity index (χ0) is 19.5. The van der Waals surface area contributed by atoms with Crippen LogP contribution in [0.1, 0.15) is 32.3 Å². The molecule has 0 atom stereocenters. The summed E-state index contributed by atoms with van der Waals surface area (Å²) in [5.74, 6) is 0.493. The highest BCUT2D eigenvalue weighted by atomic mass is 35.5. The summed E-state index contributed by atoms with van der Waals surface area (Å²) in [6, 6.07) is 6.79. The first-order chi connectivity index (χ1) is 12.1. The smallest absolute Gasteiger partial charge is 0.285 e. The molecule has 1 aliphatic heterocycles. The van der Waals surface area contributed by atoms with Crippen molar-refractivity contribution in [3.05, 3.63) is 29.8 Å². The van der Waals surface area contributed by atoms with E-state index in [0.717, 1.165) is 0 Å². The van der Waals surface area contributed by atoms with Crippen LogP contribution in [-0.4, -0.2) is 63.7 Å². The Morgan fingerprint density at radius 1 is 1.22 bits per heavy atom. The third kappa shape index (κ3) is 5.67. The van der Waals surface area contributed by atoms with Gasteiger partial charge in [-0.1, -0.05) is 26.0 Å². The number of carbonyl (C=O) groups excluding carboxylic acids is 1. The van der Waals surface area contributed by atoms with Crippen molar-refractivity contribution in [3.63, 3.8) is 0 Å². The highest BCUT2D eigenvalue weighted by Crippen LogP contribution is 2.27. The van der Waals surface area contributed by atoms with Gasteiger partial charge in [-0.25, -0.2) is 0 Å². The molecule has 0 aliphatic carbocycles. The molecule has 0 bridgehead atoms. The van der Waals surface area contributed by atoms with Crippen LogP contribution in [-0.2, 0) is 14.8 Å². The molecule has 9 heteroatoms. The predicted molar refractivity (Wildman–Crippen MR) is 110 cm³/mol. The first-order valence-electron chi connectivity index (χ1n) is 8.67. The zero-order valence-electron chi connectivity index (χ0n) is 16.3. The Kier molecular flexibility index (Phi) is 7.83. The van der Waals surface area contributed by atoms with Crippen LogP contribution in [0.2, 0.25) is 0 Å². The van der Waals surface area contributed by atoms with Crippen LogP contribution >= 0.6 is 12.4 Å². The number of nitrogens with two attached hydrogens (primary N) is 1. The van der Waals surface area contributed by atoms with E-state index in [4.69, 9.17) is 5.73 Å². The standard InChI is InChI=1S/C18H28N4O3S.ClH/c1-18(2,12-19)13-22(4)16(23)10-7-11-21(3)17-14-8-5-6-9-15(14)26(24,25)20-17;/h5-6,8-9H,7,10-13,19H2,1-4H3;1H. The molecule has 1 aliphatic rings. The number of amides is 1. The number of halogens is 1. The molecule has 1 heterocycles. The van der Waals surface area contributed by atoms with Gasteiger partial charge in [-0.3, -0.25) is 4.79 Å². The molecule has 0 unspecified atom stereocenters. The SMILES string of the molecule is CN(CC(C)(C)CN)C(=O)CCCN(C)C1=NS(=O)(=O)c2ccccc21.Cl. The average Bonchev–Trinajstić information content (AvgIpc) is 2.86. The molecule has 2 rings (SSSR count). The van der Waals surface area contributed by atoms with Gasteiger partial charge in [-0.05, 0) is 30.5 Å². The number of nitrogens with zero attached hydrogens (tertiary/aromatic N) is 3. The zero-order valence-corrected chi connectivity index (χ0v) is 17.9. The lowest BCUT2D eigenvalue weighted by molar-refractivity contribution is -0.131. The minimum Gasteiger partial charge on any atom is -0.358 e. The lowest BCUT2D eigenvalue weighted by Crippen LogP contribution is -2.40. The molecule has 0 saturated heterocycles. The van der Waals surface area contributed by atoms with E-state index >= 15 is 0 Å². The van der Waals surface area contributed by atoms with E-state index in [1.165, 1.54) is 0 Å². The topological polar surface area (TPSA) is 96.1 Å². The van der Waals surface area contributed by atoms with Gasteiger partial charge in [0.1, 0.15) is 10.7 Å². The van der Waals surface area contributed by atoms with Crippen molar-refractivity contribution < 1.29 is 13.2 Å². The third-order valence-corrected chi connectivity index (χ3v) is 5.83. The maximum absolute atomic E-state index is 12.3. The highest BCUT2D eigenvalue weighted by Gasteiger charge is 2.30. The number of fused-ring (bicyclic) bond motifs is 1. The number of hydrogen-bond acceptors (Lipinski definition) is 5. The maximum Gasteiger partial charge on any atom is 0.285 e. The Morgan fingerprint density at radius 3 is 2.48 bits per heavy atom. The van der Waals surface area contributed by atoms with E-state index < -0.39 is 10.0 Å². The number of hydrogen-bond donors (Lipinski definition) is 1. The summed E-state index contributed by atoms with van der Waals surface area (Å²) in [5, 5.41) is 0. The summed E-state index contributed by atoms with van der Waals surface area (Å²) in [6.45, 7) is 5.72. The molecule has 2 N–H and O–H groups in total. The van der Waals surface area contributed by atoms with Crippen molar-refractivity contribution in [3.8, 4) is 0 Å². The number of sulfonamides is 1. The summed E-state index contributed by atoms with van der Waals surface area (Å²) in [7, 11) is -0.0397. The predicted octanol–water partition coefficient (Wildman–Crippen LogP) is 1.71. The molecule has 152 valence electrons. The Labute approximate surface area is 168 Å². The summed E-state index contributed by atoms with van der Waals surface area (Å²) in [4.78, 5) is 16.0. The van der Waals surface area contributed by atoms with Gasteiger partial charge in [-0.2, -0.15) is 8.42 Å². The first-order valence-corrected chi connectivity index (χ1v) is 10.1.